The van der Waals surface area contributed by atoms with Gasteiger partial charge in [0, 0.05) is 0 Å². The molecule has 0 atom stereocenters. The molecular formula is BaO2Ti2+6. The molecule has 5 heavy (non-hydrogen) atoms. The van der Waals surface area contributed by atoms with Gasteiger partial charge < -0.3 is 11.0 Å². The van der Waals surface area contributed by atoms with E-state index in [2.05, 4.69) is 0 Å². The van der Waals surface area contributed by atoms with Crippen molar-refractivity contribution in [2.24, 2.45) is 0 Å². The third-order valence-corrected chi connectivity index (χ3v) is 0. The molecule has 0 unspecified atom stereocenters. The molecule has 0 heterocycles. The minimum absolute atomic E-state index is 0. The molecular weight excluding hydrogens is 265 g/mol. The van der Waals surface area contributed by atoms with E-state index in [1.54, 1.807) is 0 Å². The molecule has 0 aromatic carbocycles. The minimum Gasteiger partial charge on any atom is -2.00 e. The van der Waals surface area contributed by atoms with Crippen molar-refractivity contribution in [3.63, 3.8) is 0 Å². The molecule has 0 radical (unpaired) electrons. The molecule has 0 aliphatic rings. The van der Waals surface area contributed by atoms with E-state index in [1.165, 1.54) is 0 Å². The summed E-state index contributed by atoms with van der Waals surface area (Å²) in [7, 11) is 0. The van der Waals surface area contributed by atoms with Gasteiger partial charge in [-0.3, -0.25) is 0 Å². The largest absolute Gasteiger partial charge is 4.00 e. The van der Waals surface area contributed by atoms with Crippen molar-refractivity contribution in [1.82, 2.24) is 0 Å². The Balaban J connectivity index is 0. The SMILES string of the molecule is [Ba+2].[O-2].[O-2].[Ti+4].[Ti+4]. The first-order valence-corrected chi connectivity index (χ1v) is 0. The Hall–Kier alpha value is 2.92. The van der Waals surface area contributed by atoms with Crippen molar-refractivity contribution in [1.29, 1.82) is 0 Å². The van der Waals surface area contributed by atoms with Crippen LogP contribution in [0.3, 0.4) is 0 Å². The second-order valence-corrected chi connectivity index (χ2v) is 0. The molecule has 0 aromatic rings. The molecule has 0 rings (SSSR count). The Morgan fingerprint density at radius 2 is 0.600 bits per heavy atom. The number of hydrogen-bond acceptors (Lipinski definition) is 0. The summed E-state index contributed by atoms with van der Waals surface area (Å²) < 4.78 is 0. The van der Waals surface area contributed by atoms with Crippen LogP contribution in [0.4, 0.5) is 0 Å². The van der Waals surface area contributed by atoms with Gasteiger partial charge in [0.2, 0.25) is 0 Å². The summed E-state index contributed by atoms with van der Waals surface area (Å²) in [6.45, 7) is 0. The van der Waals surface area contributed by atoms with Crippen LogP contribution in [0.1, 0.15) is 0 Å². The fourth-order valence-corrected chi connectivity index (χ4v) is 0. The van der Waals surface area contributed by atoms with E-state index >= 15 is 0 Å². The quantitative estimate of drug-likeness (QED) is 0.524. The van der Waals surface area contributed by atoms with Crippen LogP contribution in [0.15, 0.2) is 0 Å². The molecule has 2 nitrogen and oxygen atoms in total. The molecule has 0 aliphatic heterocycles. The topological polar surface area (TPSA) is 57.0 Å². The van der Waals surface area contributed by atoms with Crippen LogP contribution >= 0.6 is 0 Å². The van der Waals surface area contributed by atoms with Gasteiger partial charge >= 0.3 is 92.3 Å². The number of rotatable bonds is 0. The van der Waals surface area contributed by atoms with Gasteiger partial charge in [-0.1, -0.05) is 0 Å². The van der Waals surface area contributed by atoms with Crippen LogP contribution in [0.25, 0.3) is 0 Å². The smallest absolute Gasteiger partial charge is 2.00 e. The average Bonchev–Trinajstić information content (AvgIpc) is 0. The second kappa shape index (κ2) is 28.4. The van der Waals surface area contributed by atoms with Gasteiger partial charge in [0.1, 0.15) is 0 Å². The molecule has 0 N–H and O–H groups in total. The second-order valence-electron chi connectivity index (χ2n) is 0. The molecule has 0 aliphatic carbocycles. The maximum absolute atomic E-state index is 0. The van der Waals surface area contributed by atoms with Crippen molar-refractivity contribution in [3.05, 3.63) is 0 Å². The third kappa shape index (κ3) is 19.6. The van der Waals surface area contributed by atoms with E-state index in [-0.39, 0.29) is 103 Å². The van der Waals surface area contributed by atoms with Crippen LogP contribution in [-0.2, 0) is 54.4 Å². The summed E-state index contributed by atoms with van der Waals surface area (Å²) in [5, 5.41) is 0. The Morgan fingerprint density at radius 3 is 0.600 bits per heavy atom. The van der Waals surface area contributed by atoms with E-state index in [0.29, 0.717) is 0 Å². The molecule has 0 amide bonds. The molecule has 0 saturated carbocycles. The van der Waals surface area contributed by atoms with Gasteiger partial charge in [0.15, 0.2) is 0 Å². The molecule has 0 aromatic heterocycles. The zero-order chi connectivity index (χ0) is 0. The predicted octanol–water partition coefficient (Wildman–Crippen LogP) is -0.623. The Bertz CT molecular complexity index is 7.61. The fourth-order valence-electron chi connectivity index (χ4n) is 0. The number of hydrogen-bond donors (Lipinski definition) is 0. The van der Waals surface area contributed by atoms with Crippen LogP contribution in [-0.4, -0.2) is 48.9 Å². The first-order chi connectivity index (χ1) is 0. The van der Waals surface area contributed by atoms with Gasteiger partial charge in [-0.2, -0.15) is 0 Å². The van der Waals surface area contributed by atoms with Crippen LogP contribution in [0.5, 0.6) is 0 Å². The first kappa shape index (κ1) is 44.5. The summed E-state index contributed by atoms with van der Waals surface area (Å²) in [6.07, 6.45) is 0. The molecule has 5 heteroatoms. The summed E-state index contributed by atoms with van der Waals surface area (Å²) in [4.78, 5) is 0. The molecule has 0 spiro atoms. The van der Waals surface area contributed by atoms with Crippen molar-refractivity contribution in [2.45, 2.75) is 0 Å². The molecule has 0 saturated heterocycles. The van der Waals surface area contributed by atoms with E-state index in [4.69, 9.17) is 0 Å². The fraction of sp³-hybridized carbons (Fsp3) is 0. The molecule has 0 fully saturated rings. The van der Waals surface area contributed by atoms with E-state index in [9.17, 15) is 0 Å². The minimum atomic E-state index is 0. The maximum Gasteiger partial charge on any atom is 4.00 e. The van der Waals surface area contributed by atoms with Gasteiger partial charge in [-0.05, 0) is 0 Å². The van der Waals surface area contributed by atoms with E-state index < -0.39 is 0 Å². The van der Waals surface area contributed by atoms with Crippen LogP contribution in [0.2, 0.25) is 0 Å². The average molecular weight is 265 g/mol. The molecule has 0 bridgehead atoms. The summed E-state index contributed by atoms with van der Waals surface area (Å²) in [5.41, 5.74) is 0. The van der Waals surface area contributed by atoms with E-state index in [0.717, 1.165) is 0 Å². The Labute approximate surface area is 101 Å². The van der Waals surface area contributed by atoms with Crippen molar-refractivity contribution < 1.29 is 54.4 Å². The van der Waals surface area contributed by atoms with Crippen molar-refractivity contribution in [3.8, 4) is 0 Å². The normalized spacial score (nSPS) is 0. The monoisotopic (exact) mass is 266 g/mol. The zero-order valence-corrected chi connectivity index (χ0v) is 10.1. The van der Waals surface area contributed by atoms with Gasteiger partial charge in [0.25, 0.3) is 0 Å². The first-order valence-electron chi connectivity index (χ1n) is 0. The van der Waals surface area contributed by atoms with Crippen LogP contribution < -0.4 is 0 Å². The standard InChI is InChI=1S/Ba.2O.2Ti/q+2;2*-2;2*+4. The summed E-state index contributed by atoms with van der Waals surface area (Å²) in [6, 6.07) is 0. The van der Waals surface area contributed by atoms with Gasteiger partial charge in [-0.25, -0.2) is 0 Å². The van der Waals surface area contributed by atoms with E-state index in [1.807, 2.05) is 0 Å². The predicted molar refractivity (Wildman–Crippen MR) is 7.13 cm³/mol. The maximum atomic E-state index is 0. The van der Waals surface area contributed by atoms with Crippen LogP contribution in [0, 0.1) is 0 Å². The third-order valence-electron chi connectivity index (χ3n) is 0. The summed E-state index contributed by atoms with van der Waals surface area (Å²) >= 11 is 0. The van der Waals surface area contributed by atoms with Crippen molar-refractivity contribution in [2.75, 3.05) is 0 Å². The Morgan fingerprint density at radius 1 is 0.600 bits per heavy atom. The molecule has 16 valence electrons. The zero-order valence-electron chi connectivity index (χ0n) is 2.52. The van der Waals surface area contributed by atoms with Gasteiger partial charge in [-0.15, -0.1) is 0 Å². The van der Waals surface area contributed by atoms with Gasteiger partial charge in [0.05, 0.1) is 0 Å². The van der Waals surface area contributed by atoms with Crippen molar-refractivity contribution >= 4 is 48.9 Å². The Kier molecular flexibility index (Phi) is 253. The summed E-state index contributed by atoms with van der Waals surface area (Å²) in [5.74, 6) is 0.